The van der Waals surface area contributed by atoms with Crippen LogP contribution in [0.2, 0.25) is 0 Å². The van der Waals surface area contributed by atoms with E-state index in [-0.39, 0.29) is 5.91 Å². The van der Waals surface area contributed by atoms with Crippen LogP contribution < -0.4 is 10.6 Å². The van der Waals surface area contributed by atoms with Crippen molar-refractivity contribution in [1.82, 2.24) is 9.97 Å². The lowest BCUT2D eigenvalue weighted by Crippen LogP contribution is -2.15. The predicted molar refractivity (Wildman–Crippen MR) is 110 cm³/mol. The van der Waals surface area contributed by atoms with Crippen LogP contribution in [-0.2, 0) is 0 Å². The molecule has 3 aromatic rings. The molecule has 1 amide bonds. The fourth-order valence-corrected chi connectivity index (χ4v) is 2.77. The van der Waals surface area contributed by atoms with E-state index in [4.69, 9.17) is 0 Å². The van der Waals surface area contributed by atoms with Gasteiger partial charge in [0.2, 0.25) is 0 Å². The zero-order chi connectivity index (χ0) is 19.4. The van der Waals surface area contributed by atoms with Gasteiger partial charge in [0.05, 0.1) is 0 Å². The number of carbonyl (C=O) groups excluding carboxylic acids is 1. The van der Waals surface area contributed by atoms with Crippen LogP contribution in [0.25, 0.3) is 0 Å². The number of carbonyl (C=O) groups is 1. The molecule has 2 aromatic carbocycles. The van der Waals surface area contributed by atoms with Gasteiger partial charge in [-0.15, -0.1) is 0 Å². The molecule has 0 saturated carbocycles. The van der Waals surface area contributed by atoms with Crippen molar-refractivity contribution in [2.45, 2.75) is 33.6 Å². The number of aryl methyl sites for hydroxylation is 2. The van der Waals surface area contributed by atoms with Crippen LogP contribution in [0.4, 0.5) is 17.2 Å². The second kappa shape index (κ2) is 7.99. The first kappa shape index (κ1) is 18.6. The SMILES string of the molecule is Cc1cccc(Nc2cc(C(=O)Nc3ccc(C(C)C)cc3)nc(C)n2)c1. The molecule has 0 unspecified atom stereocenters. The fraction of sp³-hybridized carbons (Fsp3) is 0.227. The molecule has 0 aliphatic rings. The van der Waals surface area contributed by atoms with E-state index in [2.05, 4.69) is 34.4 Å². The molecular formula is C22H24N4O. The van der Waals surface area contributed by atoms with Gasteiger partial charge in [-0.3, -0.25) is 4.79 Å². The van der Waals surface area contributed by atoms with Crippen LogP contribution in [0.15, 0.2) is 54.6 Å². The number of aromatic nitrogens is 2. The highest BCUT2D eigenvalue weighted by atomic mass is 16.1. The summed E-state index contributed by atoms with van der Waals surface area (Å²) in [4.78, 5) is 21.3. The van der Waals surface area contributed by atoms with Crippen LogP contribution >= 0.6 is 0 Å². The Hall–Kier alpha value is -3.21. The maximum atomic E-state index is 12.6. The minimum atomic E-state index is -0.259. The average Bonchev–Trinajstić information content (AvgIpc) is 2.61. The molecule has 138 valence electrons. The molecule has 5 heteroatoms. The number of nitrogens with zero attached hydrogens (tertiary/aromatic N) is 2. The van der Waals surface area contributed by atoms with E-state index < -0.39 is 0 Å². The average molecular weight is 360 g/mol. The van der Waals surface area contributed by atoms with Crippen LogP contribution in [0.3, 0.4) is 0 Å². The fourth-order valence-electron chi connectivity index (χ4n) is 2.77. The Morgan fingerprint density at radius 3 is 2.33 bits per heavy atom. The summed E-state index contributed by atoms with van der Waals surface area (Å²) in [5, 5.41) is 6.13. The Balaban J connectivity index is 1.77. The second-order valence-electron chi connectivity index (χ2n) is 6.91. The van der Waals surface area contributed by atoms with Crippen molar-refractivity contribution in [3.8, 4) is 0 Å². The van der Waals surface area contributed by atoms with Crippen molar-refractivity contribution >= 4 is 23.1 Å². The number of amides is 1. The number of rotatable bonds is 5. The van der Waals surface area contributed by atoms with E-state index in [9.17, 15) is 4.79 Å². The van der Waals surface area contributed by atoms with Gasteiger partial charge < -0.3 is 10.6 Å². The zero-order valence-corrected chi connectivity index (χ0v) is 16.1. The van der Waals surface area contributed by atoms with Crippen LogP contribution in [-0.4, -0.2) is 15.9 Å². The molecule has 3 rings (SSSR count). The minimum Gasteiger partial charge on any atom is -0.340 e. The summed E-state index contributed by atoms with van der Waals surface area (Å²) in [6, 6.07) is 17.5. The Bertz CT molecular complexity index is 949. The molecule has 0 atom stereocenters. The molecule has 0 bridgehead atoms. The highest BCUT2D eigenvalue weighted by Crippen LogP contribution is 2.19. The highest BCUT2D eigenvalue weighted by Gasteiger charge is 2.11. The smallest absolute Gasteiger partial charge is 0.274 e. The number of hydrogen-bond donors (Lipinski definition) is 2. The quantitative estimate of drug-likeness (QED) is 0.655. The highest BCUT2D eigenvalue weighted by molar-refractivity contribution is 6.03. The van der Waals surface area contributed by atoms with Crippen molar-refractivity contribution in [2.24, 2.45) is 0 Å². The van der Waals surface area contributed by atoms with E-state index in [0.29, 0.717) is 23.3 Å². The Labute approximate surface area is 159 Å². The predicted octanol–water partition coefficient (Wildman–Crippen LogP) is 5.21. The third kappa shape index (κ3) is 4.91. The number of benzene rings is 2. The lowest BCUT2D eigenvalue weighted by molar-refractivity contribution is 0.102. The van der Waals surface area contributed by atoms with E-state index in [1.165, 1.54) is 5.56 Å². The summed E-state index contributed by atoms with van der Waals surface area (Å²) in [6.45, 7) is 8.08. The normalized spacial score (nSPS) is 10.7. The Morgan fingerprint density at radius 1 is 0.926 bits per heavy atom. The first-order chi connectivity index (χ1) is 12.9. The molecule has 0 spiro atoms. The molecule has 2 N–H and O–H groups in total. The van der Waals surface area contributed by atoms with Crippen LogP contribution in [0, 0.1) is 13.8 Å². The summed E-state index contributed by atoms with van der Waals surface area (Å²) in [6.07, 6.45) is 0. The minimum absolute atomic E-state index is 0.259. The third-order valence-electron chi connectivity index (χ3n) is 4.20. The zero-order valence-electron chi connectivity index (χ0n) is 16.1. The van der Waals surface area contributed by atoms with Gasteiger partial charge in [0.25, 0.3) is 5.91 Å². The van der Waals surface area contributed by atoms with Crippen molar-refractivity contribution in [3.63, 3.8) is 0 Å². The lowest BCUT2D eigenvalue weighted by Gasteiger charge is -2.10. The van der Waals surface area contributed by atoms with Gasteiger partial charge in [0.15, 0.2) is 0 Å². The third-order valence-corrected chi connectivity index (χ3v) is 4.20. The van der Waals surface area contributed by atoms with Crippen molar-refractivity contribution < 1.29 is 4.79 Å². The summed E-state index contributed by atoms with van der Waals surface area (Å²) in [5.74, 6) is 1.32. The molecule has 0 aliphatic carbocycles. The lowest BCUT2D eigenvalue weighted by atomic mass is 10.0. The number of nitrogens with one attached hydrogen (secondary N) is 2. The largest absolute Gasteiger partial charge is 0.340 e. The maximum absolute atomic E-state index is 12.6. The van der Waals surface area contributed by atoms with Crippen molar-refractivity contribution in [3.05, 3.63) is 77.2 Å². The Morgan fingerprint density at radius 2 is 1.67 bits per heavy atom. The molecule has 5 nitrogen and oxygen atoms in total. The molecular weight excluding hydrogens is 336 g/mol. The van der Waals surface area contributed by atoms with Gasteiger partial charge in [-0.05, 0) is 55.2 Å². The Kier molecular flexibility index (Phi) is 5.50. The summed E-state index contributed by atoms with van der Waals surface area (Å²) in [5.41, 5.74) is 4.37. The van der Waals surface area contributed by atoms with Gasteiger partial charge >= 0.3 is 0 Å². The topological polar surface area (TPSA) is 66.9 Å². The summed E-state index contributed by atoms with van der Waals surface area (Å²) in [7, 11) is 0. The van der Waals surface area contributed by atoms with Gasteiger partial charge in [-0.2, -0.15) is 0 Å². The van der Waals surface area contributed by atoms with E-state index in [1.807, 2.05) is 55.5 Å². The molecule has 0 aliphatic heterocycles. The standard InChI is InChI=1S/C22H24N4O/c1-14(2)17-8-10-18(11-9-17)26-22(27)20-13-21(24-16(4)23-20)25-19-7-5-6-15(3)12-19/h5-14H,1-4H3,(H,26,27)(H,23,24,25). The summed E-state index contributed by atoms with van der Waals surface area (Å²) >= 11 is 0. The monoisotopic (exact) mass is 360 g/mol. The van der Waals surface area contributed by atoms with Gasteiger partial charge in [0, 0.05) is 17.4 Å². The first-order valence-electron chi connectivity index (χ1n) is 9.01. The van der Waals surface area contributed by atoms with Crippen LogP contribution in [0.5, 0.6) is 0 Å². The number of anilines is 3. The van der Waals surface area contributed by atoms with Gasteiger partial charge in [-0.1, -0.05) is 38.1 Å². The van der Waals surface area contributed by atoms with Gasteiger partial charge in [0.1, 0.15) is 17.3 Å². The van der Waals surface area contributed by atoms with E-state index in [0.717, 1.165) is 16.9 Å². The summed E-state index contributed by atoms with van der Waals surface area (Å²) < 4.78 is 0. The molecule has 0 saturated heterocycles. The molecule has 1 heterocycles. The van der Waals surface area contributed by atoms with E-state index in [1.54, 1.807) is 13.0 Å². The van der Waals surface area contributed by atoms with Crippen molar-refractivity contribution in [1.29, 1.82) is 0 Å². The van der Waals surface area contributed by atoms with E-state index >= 15 is 0 Å². The molecule has 0 radical (unpaired) electrons. The van der Waals surface area contributed by atoms with Gasteiger partial charge in [-0.25, -0.2) is 9.97 Å². The van der Waals surface area contributed by atoms with Crippen molar-refractivity contribution in [2.75, 3.05) is 10.6 Å². The molecule has 1 aromatic heterocycles. The number of hydrogen-bond acceptors (Lipinski definition) is 4. The molecule has 27 heavy (non-hydrogen) atoms. The van der Waals surface area contributed by atoms with Crippen LogP contribution in [0.1, 0.15) is 47.2 Å². The second-order valence-corrected chi connectivity index (χ2v) is 6.91. The first-order valence-corrected chi connectivity index (χ1v) is 9.01. The molecule has 0 fully saturated rings. The maximum Gasteiger partial charge on any atom is 0.274 e.